The topological polar surface area (TPSA) is 96.9 Å². The molecule has 1 amide bonds. The Kier molecular flexibility index (Phi) is 14.4. The van der Waals surface area contributed by atoms with Gasteiger partial charge in [-0.3, -0.25) is 0 Å². The molecule has 1 atom stereocenters. The lowest BCUT2D eigenvalue weighted by molar-refractivity contribution is -0.141. The van der Waals surface area contributed by atoms with E-state index in [2.05, 4.69) is 24.5 Å². The maximum Gasteiger partial charge on any atom is 0.408 e. The highest BCUT2D eigenvalue weighted by Gasteiger charge is 2.21. The summed E-state index contributed by atoms with van der Waals surface area (Å²) in [6, 6.07) is 9.79. The monoisotopic (exact) mass is 490 g/mol. The second-order valence-electron chi connectivity index (χ2n) is 10.2. The molecule has 35 heavy (non-hydrogen) atoms. The minimum Gasteiger partial charge on any atom is -0.480 e. The van der Waals surface area contributed by atoms with Crippen LogP contribution in [0.1, 0.15) is 90.0 Å². The smallest absolute Gasteiger partial charge is 0.408 e. The number of hydrogen-bond donors (Lipinski definition) is 3. The molecular formula is C28H46N2O5. The molecule has 2 fully saturated rings. The zero-order valence-electron chi connectivity index (χ0n) is 21.7. The van der Waals surface area contributed by atoms with Gasteiger partial charge in [0.2, 0.25) is 0 Å². The number of aliphatic carboxylic acids is 1. The van der Waals surface area contributed by atoms with Gasteiger partial charge in [0.25, 0.3) is 0 Å². The van der Waals surface area contributed by atoms with Gasteiger partial charge in [0.15, 0.2) is 6.04 Å². The molecule has 0 radical (unpaired) electrons. The fourth-order valence-corrected chi connectivity index (χ4v) is 4.47. The molecule has 3 N–H and O–H groups in total. The Morgan fingerprint density at radius 3 is 2.03 bits per heavy atom. The van der Waals surface area contributed by atoms with E-state index in [0.29, 0.717) is 12.5 Å². The molecule has 7 heteroatoms. The van der Waals surface area contributed by atoms with Gasteiger partial charge in [-0.25, -0.2) is 9.59 Å². The van der Waals surface area contributed by atoms with E-state index in [9.17, 15) is 9.59 Å². The number of alkyl carbamates (subject to hydrolysis) is 1. The molecule has 1 aromatic rings. The predicted octanol–water partition coefficient (Wildman–Crippen LogP) is 5.67. The van der Waals surface area contributed by atoms with Crippen molar-refractivity contribution in [3.63, 3.8) is 0 Å². The van der Waals surface area contributed by atoms with E-state index in [1.54, 1.807) is 0 Å². The average molecular weight is 491 g/mol. The standard InChI is InChI=1S/C16H23NO5.C12H23N/c1-12(2)8-9-21-11-14(15(18)19)17-16(20)22-10-13-6-4-3-5-7-13;1-3-7-11(8-4-1)13-12-9-5-2-6-10-12/h3-7,12,14H,8-11H2,1-2H3,(H,17,20)(H,18,19);11-13H,1-10H2/t14-;/m0./s1. The first-order chi connectivity index (χ1) is 16.9. The summed E-state index contributed by atoms with van der Waals surface area (Å²) in [5, 5.41) is 15.2. The van der Waals surface area contributed by atoms with E-state index < -0.39 is 18.1 Å². The maximum absolute atomic E-state index is 11.6. The summed E-state index contributed by atoms with van der Waals surface area (Å²) in [4.78, 5) is 22.7. The second kappa shape index (κ2) is 17.3. The first-order valence-corrected chi connectivity index (χ1v) is 13.5. The second-order valence-corrected chi connectivity index (χ2v) is 10.2. The molecule has 0 bridgehead atoms. The first-order valence-electron chi connectivity index (χ1n) is 13.5. The van der Waals surface area contributed by atoms with E-state index in [1.165, 1.54) is 64.2 Å². The van der Waals surface area contributed by atoms with Gasteiger partial charge < -0.3 is 25.2 Å². The summed E-state index contributed by atoms with van der Waals surface area (Å²) in [5.74, 6) is -0.673. The number of carboxylic acids is 1. The molecule has 0 aliphatic heterocycles. The third-order valence-electron chi connectivity index (χ3n) is 6.61. The van der Waals surface area contributed by atoms with Crippen molar-refractivity contribution < 1.29 is 24.2 Å². The molecule has 0 saturated heterocycles. The van der Waals surface area contributed by atoms with Gasteiger partial charge >= 0.3 is 12.1 Å². The van der Waals surface area contributed by atoms with Crippen LogP contribution >= 0.6 is 0 Å². The van der Waals surface area contributed by atoms with Crippen molar-refractivity contribution in [3.05, 3.63) is 35.9 Å². The highest BCUT2D eigenvalue weighted by molar-refractivity contribution is 5.80. The number of ether oxygens (including phenoxy) is 2. The largest absolute Gasteiger partial charge is 0.480 e. The first kappa shape index (κ1) is 29.1. The van der Waals surface area contributed by atoms with Crippen molar-refractivity contribution in [1.82, 2.24) is 10.6 Å². The summed E-state index contributed by atoms with van der Waals surface area (Å²) in [5.41, 5.74) is 0.831. The fraction of sp³-hybridized carbons (Fsp3) is 0.714. The number of nitrogens with one attached hydrogen (secondary N) is 2. The van der Waals surface area contributed by atoms with Crippen LogP contribution in [0.5, 0.6) is 0 Å². The third kappa shape index (κ3) is 13.5. The van der Waals surface area contributed by atoms with Crippen LogP contribution in [0.3, 0.4) is 0 Å². The minimum atomic E-state index is -1.15. The van der Waals surface area contributed by atoms with Crippen molar-refractivity contribution >= 4 is 12.1 Å². The Bertz CT molecular complexity index is 685. The molecule has 0 unspecified atom stereocenters. The molecule has 1 aromatic carbocycles. The minimum absolute atomic E-state index is 0.0809. The van der Waals surface area contributed by atoms with Crippen molar-refractivity contribution in [2.24, 2.45) is 5.92 Å². The Balaban J connectivity index is 0.000000279. The van der Waals surface area contributed by atoms with E-state index in [-0.39, 0.29) is 13.2 Å². The van der Waals surface area contributed by atoms with Gasteiger partial charge in [-0.1, -0.05) is 82.7 Å². The molecule has 0 spiro atoms. The number of amides is 1. The van der Waals surface area contributed by atoms with Gasteiger partial charge in [0.05, 0.1) is 6.61 Å². The molecular weight excluding hydrogens is 444 g/mol. The van der Waals surface area contributed by atoms with Crippen LogP contribution in [0.2, 0.25) is 0 Å². The Labute approximate surface area is 211 Å². The summed E-state index contributed by atoms with van der Waals surface area (Å²) in [6.45, 7) is 4.58. The zero-order chi connectivity index (χ0) is 25.3. The van der Waals surface area contributed by atoms with E-state index in [0.717, 1.165) is 24.1 Å². The Morgan fingerprint density at radius 2 is 1.51 bits per heavy atom. The number of carboxylic acid groups (broad SMARTS) is 1. The highest BCUT2D eigenvalue weighted by atomic mass is 16.5. The van der Waals surface area contributed by atoms with Crippen molar-refractivity contribution in [3.8, 4) is 0 Å². The molecule has 0 aromatic heterocycles. The molecule has 7 nitrogen and oxygen atoms in total. The van der Waals surface area contributed by atoms with Crippen molar-refractivity contribution in [2.75, 3.05) is 13.2 Å². The quantitative estimate of drug-likeness (QED) is 0.346. The van der Waals surface area contributed by atoms with Crippen LogP contribution < -0.4 is 10.6 Å². The number of benzene rings is 1. The van der Waals surface area contributed by atoms with Crippen LogP contribution in [-0.4, -0.2) is 48.5 Å². The van der Waals surface area contributed by atoms with Gasteiger partial charge in [0.1, 0.15) is 6.61 Å². The maximum atomic E-state index is 11.6. The number of rotatable bonds is 11. The summed E-state index contributed by atoms with van der Waals surface area (Å²) in [7, 11) is 0. The summed E-state index contributed by atoms with van der Waals surface area (Å²) < 4.78 is 10.3. The predicted molar refractivity (Wildman–Crippen MR) is 138 cm³/mol. The van der Waals surface area contributed by atoms with Crippen molar-refractivity contribution in [1.29, 1.82) is 0 Å². The number of carbonyl (C=O) groups excluding carboxylic acids is 1. The SMILES string of the molecule is C1CCC(NC2CCCCC2)CC1.CC(C)CCOC[C@H](NC(=O)OCc1ccccc1)C(=O)O. The molecule has 198 valence electrons. The van der Waals surface area contributed by atoms with Crippen molar-refractivity contribution in [2.45, 2.75) is 109 Å². The van der Waals surface area contributed by atoms with E-state index in [1.807, 2.05) is 30.3 Å². The van der Waals surface area contributed by atoms with Crippen LogP contribution in [-0.2, 0) is 20.9 Å². The Hall–Kier alpha value is -2.12. The zero-order valence-corrected chi connectivity index (χ0v) is 21.7. The molecule has 2 aliphatic rings. The molecule has 2 saturated carbocycles. The molecule has 3 rings (SSSR count). The lowest BCUT2D eigenvalue weighted by atomic mass is 9.91. The number of carbonyl (C=O) groups is 2. The molecule has 0 heterocycles. The normalized spacial score (nSPS) is 17.8. The average Bonchev–Trinajstić information content (AvgIpc) is 2.86. The van der Waals surface area contributed by atoms with Gasteiger partial charge in [-0.2, -0.15) is 0 Å². The Morgan fingerprint density at radius 1 is 0.943 bits per heavy atom. The lowest BCUT2D eigenvalue weighted by Crippen LogP contribution is -2.44. The lowest BCUT2D eigenvalue weighted by Gasteiger charge is -2.30. The van der Waals surface area contributed by atoms with Crippen LogP contribution in [0.4, 0.5) is 4.79 Å². The number of hydrogen-bond acceptors (Lipinski definition) is 5. The van der Waals surface area contributed by atoms with Gasteiger partial charge in [-0.15, -0.1) is 0 Å². The fourth-order valence-electron chi connectivity index (χ4n) is 4.47. The van der Waals surface area contributed by atoms with Crippen LogP contribution in [0.15, 0.2) is 30.3 Å². The van der Waals surface area contributed by atoms with E-state index >= 15 is 0 Å². The van der Waals surface area contributed by atoms with E-state index in [4.69, 9.17) is 14.6 Å². The summed E-state index contributed by atoms with van der Waals surface area (Å²) in [6.07, 6.45) is 14.6. The third-order valence-corrected chi connectivity index (χ3v) is 6.61. The summed E-state index contributed by atoms with van der Waals surface area (Å²) >= 11 is 0. The van der Waals surface area contributed by atoms with Crippen LogP contribution in [0, 0.1) is 5.92 Å². The highest BCUT2D eigenvalue weighted by Crippen LogP contribution is 2.22. The molecule has 2 aliphatic carbocycles. The van der Waals surface area contributed by atoms with Crippen LogP contribution in [0.25, 0.3) is 0 Å². The van der Waals surface area contributed by atoms with Gasteiger partial charge in [0, 0.05) is 18.7 Å². The van der Waals surface area contributed by atoms with Gasteiger partial charge in [-0.05, 0) is 43.6 Å².